The number of phenolic OH excluding ortho intramolecular Hbond substituents is 1. The lowest BCUT2D eigenvalue weighted by Gasteiger charge is -2.29. The Kier molecular flexibility index (Phi) is 6.77. The van der Waals surface area contributed by atoms with E-state index in [1.165, 1.54) is 0 Å². The van der Waals surface area contributed by atoms with Crippen molar-refractivity contribution in [3.05, 3.63) is 70.3 Å². The summed E-state index contributed by atoms with van der Waals surface area (Å²) in [6, 6.07) is 15.2. The first kappa shape index (κ1) is 23.2. The minimum absolute atomic E-state index is 0.0477. The molecule has 0 radical (unpaired) electrons. The van der Waals surface area contributed by atoms with Gasteiger partial charge in [0.2, 0.25) is 0 Å². The van der Waals surface area contributed by atoms with Gasteiger partial charge in [-0.15, -0.1) is 0 Å². The highest BCUT2D eigenvalue weighted by atomic mass is 16.5. The number of ether oxygens (including phenoxy) is 1. The first-order chi connectivity index (χ1) is 13.9. The van der Waals surface area contributed by atoms with E-state index < -0.39 is 5.97 Å². The monoisotopic (exact) mass is 405 g/mol. The van der Waals surface area contributed by atoms with Gasteiger partial charge in [0, 0.05) is 16.7 Å². The Bertz CT molecular complexity index is 962. The lowest BCUT2D eigenvalue weighted by Crippen LogP contribution is -2.18. The predicted octanol–water partition coefficient (Wildman–Crippen LogP) is 5.88. The molecule has 2 aromatic rings. The number of hydrogen-bond acceptors (Lipinski definition) is 4. The van der Waals surface area contributed by atoms with Crippen LogP contribution in [0.15, 0.2) is 48.0 Å². The molecule has 0 fully saturated rings. The van der Waals surface area contributed by atoms with Crippen LogP contribution < -0.4 is 0 Å². The predicted molar refractivity (Wildman–Crippen MR) is 120 cm³/mol. The van der Waals surface area contributed by atoms with Crippen molar-refractivity contribution in [3.63, 3.8) is 0 Å². The zero-order valence-electron chi connectivity index (χ0n) is 19.0. The third-order valence-electron chi connectivity index (χ3n) is 4.92. The topological polar surface area (TPSA) is 70.3 Å². The van der Waals surface area contributed by atoms with Crippen molar-refractivity contribution in [1.82, 2.24) is 0 Å². The van der Waals surface area contributed by atoms with E-state index in [2.05, 4.69) is 6.07 Å². The van der Waals surface area contributed by atoms with Crippen LogP contribution >= 0.6 is 0 Å². The van der Waals surface area contributed by atoms with Gasteiger partial charge in [-0.1, -0.05) is 71.9 Å². The zero-order valence-corrected chi connectivity index (χ0v) is 19.0. The van der Waals surface area contributed by atoms with Crippen LogP contribution in [0.1, 0.15) is 70.7 Å². The Labute approximate surface area is 179 Å². The summed E-state index contributed by atoms with van der Waals surface area (Å²) in [4.78, 5) is 12.6. The first-order valence-corrected chi connectivity index (χ1v) is 10.2. The van der Waals surface area contributed by atoms with E-state index in [1.807, 2.05) is 84.0 Å². The molecule has 0 atom stereocenters. The second-order valence-corrected chi connectivity index (χ2v) is 9.37. The van der Waals surface area contributed by atoms with Gasteiger partial charge < -0.3 is 9.84 Å². The molecule has 1 N–H and O–H groups in total. The smallest absolute Gasteiger partial charge is 0.349 e. The van der Waals surface area contributed by atoms with Crippen LogP contribution in [0.3, 0.4) is 0 Å². The van der Waals surface area contributed by atoms with Gasteiger partial charge in [-0.3, -0.25) is 0 Å². The van der Waals surface area contributed by atoms with Gasteiger partial charge in [-0.25, -0.2) is 4.79 Å². The molecule has 4 heteroatoms. The molecule has 0 spiro atoms. The van der Waals surface area contributed by atoms with Crippen molar-refractivity contribution in [2.24, 2.45) is 0 Å². The van der Waals surface area contributed by atoms with Crippen LogP contribution in [0.4, 0.5) is 0 Å². The van der Waals surface area contributed by atoms with E-state index >= 15 is 0 Å². The Balaban J connectivity index is 2.99. The molecule has 2 rings (SSSR count). The number of hydrogen-bond donors (Lipinski definition) is 1. The average Bonchev–Trinajstić information content (AvgIpc) is 2.65. The van der Waals surface area contributed by atoms with E-state index in [1.54, 1.807) is 6.92 Å². The quantitative estimate of drug-likeness (QED) is 0.392. The highest BCUT2D eigenvalue weighted by Crippen LogP contribution is 2.42. The van der Waals surface area contributed by atoms with Crippen LogP contribution in [0.25, 0.3) is 5.57 Å². The minimum atomic E-state index is -0.651. The normalized spacial score (nSPS) is 12.7. The molecule has 0 aromatic heterocycles. The summed E-state index contributed by atoms with van der Waals surface area (Å²) in [5, 5.41) is 20.9. The molecule has 0 saturated carbocycles. The maximum atomic E-state index is 12.6. The number of rotatable bonds is 4. The number of nitriles is 1. The molecule has 0 aliphatic carbocycles. The largest absolute Gasteiger partial charge is 0.507 e. The van der Waals surface area contributed by atoms with Crippen molar-refractivity contribution in [3.8, 4) is 11.8 Å². The lowest BCUT2D eigenvalue weighted by atomic mass is 9.77. The molecule has 0 saturated heterocycles. The highest BCUT2D eigenvalue weighted by molar-refractivity contribution is 6.05. The summed E-state index contributed by atoms with van der Waals surface area (Å²) in [5.41, 5.74) is 2.77. The van der Waals surface area contributed by atoms with Gasteiger partial charge >= 0.3 is 5.97 Å². The van der Waals surface area contributed by atoms with Crippen molar-refractivity contribution >= 4 is 11.5 Å². The summed E-state index contributed by atoms with van der Waals surface area (Å²) in [6.45, 7) is 14.1. The molecule has 0 unspecified atom stereocenters. The summed E-state index contributed by atoms with van der Waals surface area (Å²) >= 11 is 0. The molecular formula is C26H31NO3. The van der Waals surface area contributed by atoms with Crippen LogP contribution in [-0.2, 0) is 20.4 Å². The number of carbonyl (C=O) groups excluding carboxylic acids is 1. The number of phenols is 1. The minimum Gasteiger partial charge on any atom is -0.507 e. The molecule has 158 valence electrons. The van der Waals surface area contributed by atoms with Gasteiger partial charge in [0.05, 0.1) is 6.61 Å². The molecule has 0 amide bonds. The summed E-state index contributed by atoms with van der Waals surface area (Å²) in [7, 11) is 0. The van der Waals surface area contributed by atoms with E-state index in [4.69, 9.17) is 4.74 Å². The third kappa shape index (κ3) is 4.91. The fourth-order valence-electron chi connectivity index (χ4n) is 3.39. The maximum Gasteiger partial charge on any atom is 0.349 e. The van der Waals surface area contributed by atoms with E-state index in [9.17, 15) is 15.2 Å². The molecule has 0 aliphatic rings. The summed E-state index contributed by atoms with van der Waals surface area (Å²) in [6.07, 6.45) is 0. The molecule has 4 nitrogen and oxygen atoms in total. The summed E-state index contributed by atoms with van der Waals surface area (Å²) in [5.74, 6) is -0.401. The van der Waals surface area contributed by atoms with Gasteiger partial charge in [0.25, 0.3) is 0 Å². The molecule has 0 heterocycles. The van der Waals surface area contributed by atoms with E-state index in [0.717, 1.165) is 16.7 Å². The van der Waals surface area contributed by atoms with Crippen molar-refractivity contribution < 1.29 is 14.6 Å². The molecule has 0 bridgehead atoms. The second kappa shape index (κ2) is 8.75. The fourth-order valence-corrected chi connectivity index (χ4v) is 3.39. The van der Waals surface area contributed by atoms with E-state index in [0.29, 0.717) is 11.1 Å². The number of esters is 1. The van der Waals surface area contributed by atoms with Crippen LogP contribution in [0.5, 0.6) is 5.75 Å². The van der Waals surface area contributed by atoms with Crippen molar-refractivity contribution in [2.45, 2.75) is 59.3 Å². The lowest BCUT2D eigenvalue weighted by molar-refractivity contribution is -0.137. The molecule has 0 aliphatic heterocycles. The summed E-state index contributed by atoms with van der Waals surface area (Å²) < 4.78 is 5.17. The molecule has 30 heavy (non-hydrogen) atoms. The van der Waals surface area contributed by atoms with Crippen LogP contribution in [-0.4, -0.2) is 17.7 Å². The van der Waals surface area contributed by atoms with Crippen molar-refractivity contribution in [2.75, 3.05) is 6.61 Å². The van der Waals surface area contributed by atoms with Crippen molar-refractivity contribution in [1.29, 1.82) is 5.26 Å². The van der Waals surface area contributed by atoms with E-state index in [-0.39, 0.29) is 28.8 Å². The van der Waals surface area contributed by atoms with Gasteiger partial charge in [0.1, 0.15) is 17.4 Å². The average molecular weight is 406 g/mol. The Hall–Kier alpha value is -3.06. The number of benzene rings is 2. The van der Waals surface area contributed by atoms with Gasteiger partial charge in [-0.2, -0.15) is 5.26 Å². The number of aromatic hydroxyl groups is 1. The van der Waals surface area contributed by atoms with Crippen LogP contribution in [0.2, 0.25) is 0 Å². The maximum absolute atomic E-state index is 12.6. The first-order valence-electron chi connectivity index (χ1n) is 10.2. The molecular weight excluding hydrogens is 374 g/mol. The number of nitrogens with zero attached hydrogens (tertiary/aromatic N) is 1. The standard InChI is InChI=1S/C26H31NO3/c1-8-30-24(29)19(16-27)22(17-12-10-9-11-13-17)18-14-20(25(2,3)4)23(28)21(15-18)26(5,6)7/h9-15,28H,8H2,1-7H3. The third-order valence-corrected chi connectivity index (χ3v) is 4.92. The van der Waals surface area contributed by atoms with Gasteiger partial charge in [-0.05, 0) is 41.0 Å². The highest BCUT2D eigenvalue weighted by Gasteiger charge is 2.29. The Morgan fingerprint density at radius 3 is 1.87 bits per heavy atom. The Morgan fingerprint density at radius 1 is 0.967 bits per heavy atom. The number of carbonyl (C=O) groups is 1. The molecule has 2 aromatic carbocycles. The zero-order chi connectivity index (χ0) is 22.7. The van der Waals surface area contributed by atoms with Crippen LogP contribution in [0, 0.1) is 11.3 Å². The second-order valence-electron chi connectivity index (χ2n) is 9.37. The Morgan fingerprint density at radius 2 is 1.47 bits per heavy atom. The fraction of sp³-hybridized carbons (Fsp3) is 0.385. The van der Waals surface area contributed by atoms with Gasteiger partial charge in [0.15, 0.2) is 0 Å². The SMILES string of the molecule is CCOC(=O)C(C#N)=C(c1ccccc1)c1cc(C(C)(C)C)c(O)c(C(C)(C)C)c1.